The molecule has 0 saturated heterocycles. The molecule has 0 heterocycles. The summed E-state index contributed by atoms with van der Waals surface area (Å²) in [6, 6.07) is 0. The van der Waals surface area contributed by atoms with Crippen molar-refractivity contribution in [1.82, 2.24) is 0 Å². The fourth-order valence-corrected chi connectivity index (χ4v) is 4.28. The highest BCUT2D eigenvalue weighted by Crippen LogP contribution is 2.48. The zero-order chi connectivity index (χ0) is 7.19. The fourth-order valence-electron chi connectivity index (χ4n) is 1.16. The predicted molar refractivity (Wildman–Crippen MR) is 46.9 cm³/mol. The van der Waals surface area contributed by atoms with Gasteiger partial charge in [-0.2, -0.15) is 0 Å². The van der Waals surface area contributed by atoms with Gasteiger partial charge in [0.25, 0.3) is 0 Å². The lowest BCUT2D eigenvalue weighted by molar-refractivity contribution is 0.673. The largest absolute Gasteiger partial charge is 0.259 e. The first kappa shape index (κ1) is 7.29. The highest BCUT2D eigenvalue weighted by molar-refractivity contribution is 9.09. The van der Waals surface area contributed by atoms with E-state index in [4.69, 9.17) is 0 Å². The van der Waals surface area contributed by atoms with E-state index in [9.17, 15) is 4.21 Å². The van der Waals surface area contributed by atoms with Crippen LogP contribution in [0, 0.1) is 0 Å². The summed E-state index contributed by atoms with van der Waals surface area (Å²) < 4.78 is 11.8. The molecule has 2 saturated carbocycles. The Morgan fingerprint density at radius 3 is 2.40 bits per heavy atom. The molecule has 2 rings (SSSR count). The van der Waals surface area contributed by atoms with Crippen molar-refractivity contribution in [3.63, 3.8) is 0 Å². The lowest BCUT2D eigenvalue weighted by Crippen LogP contribution is -2.21. The molecule has 3 heteroatoms. The fraction of sp³-hybridized carbons (Fsp3) is 1.00. The van der Waals surface area contributed by atoms with Crippen LogP contribution in [0.2, 0.25) is 0 Å². The van der Waals surface area contributed by atoms with Crippen molar-refractivity contribution in [2.75, 3.05) is 5.33 Å². The van der Waals surface area contributed by atoms with Crippen molar-refractivity contribution in [3.8, 4) is 0 Å². The Morgan fingerprint density at radius 1 is 1.50 bits per heavy atom. The van der Waals surface area contributed by atoms with Crippen molar-refractivity contribution in [1.29, 1.82) is 0 Å². The molecule has 2 fully saturated rings. The molecule has 0 aliphatic heterocycles. The van der Waals surface area contributed by atoms with Crippen LogP contribution >= 0.6 is 15.9 Å². The van der Waals surface area contributed by atoms with Crippen LogP contribution in [-0.2, 0) is 10.8 Å². The molecule has 0 aromatic heterocycles. The summed E-state index contributed by atoms with van der Waals surface area (Å²) in [4.78, 5) is 0. The summed E-state index contributed by atoms with van der Waals surface area (Å²) in [7, 11) is -0.507. The summed E-state index contributed by atoms with van der Waals surface area (Å²) in [5.74, 6) is 0. The molecule has 10 heavy (non-hydrogen) atoms. The highest BCUT2D eigenvalue weighted by Gasteiger charge is 2.52. The number of hydrogen-bond acceptors (Lipinski definition) is 1. The Bertz CT molecular complexity index is 172. The molecule has 0 aromatic carbocycles. The van der Waals surface area contributed by atoms with Gasteiger partial charge in [-0.1, -0.05) is 15.9 Å². The molecule has 0 spiro atoms. The van der Waals surface area contributed by atoms with Gasteiger partial charge in [0, 0.05) is 21.4 Å². The van der Waals surface area contributed by atoms with Gasteiger partial charge < -0.3 is 0 Å². The van der Waals surface area contributed by atoms with E-state index in [-0.39, 0.29) is 4.75 Å². The Labute approximate surface area is 72.2 Å². The monoisotopic (exact) mass is 222 g/mol. The van der Waals surface area contributed by atoms with Crippen molar-refractivity contribution in [2.24, 2.45) is 0 Å². The standard InChI is InChI=1S/C7H11BrOS/c8-5-7(3-4-7)10(9)6-1-2-6/h6H,1-5H2. The van der Waals surface area contributed by atoms with Crippen LogP contribution in [-0.4, -0.2) is 19.5 Å². The molecule has 0 aromatic rings. The average Bonchev–Trinajstić information content (AvgIpc) is 2.84. The zero-order valence-corrected chi connectivity index (χ0v) is 8.21. The number of rotatable bonds is 3. The molecular weight excluding hydrogens is 212 g/mol. The third-order valence-electron chi connectivity index (χ3n) is 2.31. The van der Waals surface area contributed by atoms with E-state index in [1.165, 1.54) is 25.7 Å². The molecule has 0 amide bonds. The van der Waals surface area contributed by atoms with E-state index in [1.807, 2.05) is 0 Å². The molecule has 2 aliphatic carbocycles. The molecule has 1 nitrogen and oxygen atoms in total. The van der Waals surface area contributed by atoms with E-state index in [0.717, 1.165) is 5.33 Å². The topological polar surface area (TPSA) is 17.1 Å². The van der Waals surface area contributed by atoms with E-state index < -0.39 is 10.8 Å². The first-order valence-corrected chi connectivity index (χ1v) is 6.09. The molecule has 0 N–H and O–H groups in total. The normalized spacial score (nSPS) is 31.7. The smallest absolute Gasteiger partial charge is 0.0559 e. The van der Waals surface area contributed by atoms with Gasteiger partial charge in [-0.15, -0.1) is 0 Å². The van der Waals surface area contributed by atoms with Crippen molar-refractivity contribution in [3.05, 3.63) is 0 Å². The molecule has 1 atom stereocenters. The van der Waals surface area contributed by atoms with Crippen LogP contribution in [0.5, 0.6) is 0 Å². The van der Waals surface area contributed by atoms with Crippen molar-refractivity contribution in [2.45, 2.75) is 35.7 Å². The Morgan fingerprint density at radius 2 is 2.10 bits per heavy atom. The quantitative estimate of drug-likeness (QED) is 0.667. The van der Waals surface area contributed by atoms with Gasteiger partial charge in [-0.3, -0.25) is 4.21 Å². The second-order valence-corrected chi connectivity index (χ2v) is 6.00. The van der Waals surface area contributed by atoms with E-state index in [1.54, 1.807) is 0 Å². The minimum absolute atomic E-state index is 0.223. The lowest BCUT2D eigenvalue weighted by atomic mass is 10.5. The lowest BCUT2D eigenvalue weighted by Gasteiger charge is -2.08. The van der Waals surface area contributed by atoms with Gasteiger partial charge >= 0.3 is 0 Å². The maximum Gasteiger partial charge on any atom is 0.0559 e. The minimum atomic E-state index is -0.507. The van der Waals surface area contributed by atoms with Crippen LogP contribution in [0.3, 0.4) is 0 Å². The maximum atomic E-state index is 11.6. The van der Waals surface area contributed by atoms with E-state index >= 15 is 0 Å². The van der Waals surface area contributed by atoms with Gasteiger partial charge in [0.1, 0.15) is 0 Å². The molecular formula is C7H11BrOS. The molecule has 2 aliphatic rings. The Balaban J connectivity index is 2.02. The maximum absolute atomic E-state index is 11.6. The Kier molecular flexibility index (Phi) is 1.68. The number of alkyl halides is 1. The second kappa shape index (κ2) is 2.31. The minimum Gasteiger partial charge on any atom is -0.259 e. The SMILES string of the molecule is O=S(C1CC1)C1(CBr)CC1. The third-order valence-corrected chi connectivity index (χ3v) is 6.23. The number of halogens is 1. The van der Waals surface area contributed by atoms with Gasteiger partial charge in [0.05, 0.1) is 4.75 Å². The summed E-state index contributed by atoms with van der Waals surface area (Å²) in [6.07, 6.45) is 4.78. The van der Waals surface area contributed by atoms with Crippen LogP contribution in [0.25, 0.3) is 0 Å². The van der Waals surface area contributed by atoms with Crippen LogP contribution in [0.15, 0.2) is 0 Å². The van der Waals surface area contributed by atoms with E-state index in [2.05, 4.69) is 15.9 Å². The van der Waals surface area contributed by atoms with Crippen LogP contribution < -0.4 is 0 Å². The first-order valence-electron chi connectivity index (χ1n) is 3.75. The van der Waals surface area contributed by atoms with Gasteiger partial charge in [0.15, 0.2) is 0 Å². The van der Waals surface area contributed by atoms with Crippen LogP contribution in [0.1, 0.15) is 25.7 Å². The van der Waals surface area contributed by atoms with E-state index in [0.29, 0.717) is 5.25 Å². The van der Waals surface area contributed by atoms with Gasteiger partial charge in [0.2, 0.25) is 0 Å². The molecule has 0 radical (unpaired) electrons. The Hall–Kier alpha value is 0.630. The van der Waals surface area contributed by atoms with Gasteiger partial charge in [-0.05, 0) is 25.7 Å². The predicted octanol–water partition coefficient (Wildman–Crippen LogP) is 1.83. The summed E-state index contributed by atoms with van der Waals surface area (Å²) >= 11 is 3.44. The summed E-state index contributed by atoms with van der Waals surface area (Å²) in [5.41, 5.74) is 0. The van der Waals surface area contributed by atoms with Crippen molar-refractivity contribution >= 4 is 26.7 Å². The molecule has 1 unspecified atom stereocenters. The third kappa shape index (κ3) is 1.07. The average molecular weight is 223 g/mol. The highest BCUT2D eigenvalue weighted by atomic mass is 79.9. The van der Waals surface area contributed by atoms with Crippen LogP contribution in [0.4, 0.5) is 0 Å². The molecule has 58 valence electrons. The van der Waals surface area contributed by atoms with Crippen molar-refractivity contribution < 1.29 is 4.21 Å². The molecule has 0 bridgehead atoms. The zero-order valence-electron chi connectivity index (χ0n) is 5.81. The summed E-state index contributed by atoms with van der Waals surface area (Å²) in [5, 5.41) is 1.52. The number of hydrogen-bond donors (Lipinski definition) is 0. The van der Waals surface area contributed by atoms with Gasteiger partial charge in [-0.25, -0.2) is 0 Å². The first-order chi connectivity index (χ1) is 4.78. The second-order valence-electron chi connectivity index (χ2n) is 3.31. The summed E-state index contributed by atoms with van der Waals surface area (Å²) in [6.45, 7) is 0.